The molecule has 0 saturated carbocycles. The number of carbonyl (C=O) groups excluding carboxylic acids is 1. The molecule has 1 aromatic heterocycles. The number of nitrogens with zero attached hydrogens (tertiary/aromatic N) is 2. The lowest BCUT2D eigenvalue weighted by Crippen LogP contribution is -2.07. The number of aromatic amines is 1. The Morgan fingerprint density at radius 2 is 2.21 bits per heavy atom. The fraction of sp³-hybridized carbons (Fsp3) is 0.250. The highest BCUT2D eigenvalue weighted by molar-refractivity contribution is 5.84. The van der Waals surface area contributed by atoms with Crippen molar-refractivity contribution in [2.75, 3.05) is 6.61 Å². The minimum absolute atomic E-state index is 0.0205. The van der Waals surface area contributed by atoms with Crippen LogP contribution in [-0.4, -0.2) is 27.8 Å². The molecule has 2 aromatic rings. The number of aromatic nitrogens is 3. The number of benzene rings is 1. The Kier molecular flexibility index (Phi) is 4.07. The molecule has 0 radical (unpaired) electrons. The Balaban J connectivity index is 1.97. The molecule has 7 heteroatoms. The lowest BCUT2D eigenvalue weighted by Gasteiger charge is -2.03. The van der Waals surface area contributed by atoms with Gasteiger partial charge in [-0.1, -0.05) is 12.1 Å². The topological polar surface area (TPSA) is 77.1 Å². The maximum Gasteiger partial charge on any atom is 0.378 e. The molecule has 0 unspecified atom stereocenters. The Hall–Kier alpha value is -2.44. The third-order valence-electron chi connectivity index (χ3n) is 2.19. The zero-order valence-electron chi connectivity index (χ0n) is 10.2. The summed E-state index contributed by atoms with van der Waals surface area (Å²) in [5.41, 5.74) is 0. The lowest BCUT2D eigenvalue weighted by atomic mass is 10.3. The number of ether oxygens (including phenoxy) is 2. The highest BCUT2D eigenvalue weighted by Gasteiger charge is 2.13. The van der Waals surface area contributed by atoms with E-state index in [1.807, 2.05) is 0 Å². The average Bonchev–Trinajstić information content (AvgIpc) is 2.87. The van der Waals surface area contributed by atoms with Gasteiger partial charge in [-0.2, -0.15) is 0 Å². The van der Waals surface area contributed by atoms with Gasteiger partial charge in [0.1, 0.15) is 6.61 Å². The number of halogens is 1. The summed E-state index contributed by atoms with van der Waals surface area (Å²) in [5, 5.41) is 6.21. The van der Waals surface area contributed by atoms with Crippen LogP contribution in [0.25, 0.3) is 0 Å². The number of H-pyrrole nitrogens is 1. The first kappa shape index (κ1) is 13.0. The van der Waals surface area contributed by atoms with E-state index in [4.69, 9.17) is 9.47 Å². The summed E-state index contributed by atoms with van der Waals surface area (Å²) in [7, 11) is 0. The quantitative estimate of drug-likeness (QED) is 0.832. The maximum absolute atomic E-state index is 13.3. The van der Waals surface area contributed by atoms with Gasteiger partial charge in [0.15, 0.2) is 17.4 Å². The normalized spacial score (nSPS) is 10.2. The minimum Gasteiger partial charge on any atom is -0.483 e. The molecular formula is C12H12FN3O3. The van der Waals surface area contributed by atoms with Crippen molar-refractivity contribution in [2.45, 2.75) is 13.5 Å². The Labute approximate surface area is 108 Å². The number of carbonyl (C=O) groups is 1. The van der Waals surface area contributed by atoms with Crippen LogP contribution >= 0.6 is 0 Å². The number of nitrogens with one attached hydrogen (secondary N) is 1. The SMILES string of the molecule is CCOC(=O)c1n[nH]c(COc2ccccc2F)n1. The minimum atomic E-state index is -0.615. The highest BCUT2D eigenvalue weighted by atomic mass is 19.1. The molecule has 0 aliphatic rings. The molecular weight excluding hydrogens is 253 g/mol. The summed E-state index contributed by atoms with van der Waals surface area (Å²) >= 11 is 0. The highest BCUT2D eigenvalue weighted by Crippen LogP contribution is 2.16. The van der Waals surface area contributed by atoms with Crippen LogP contribution < -0.4 is 4.74 Å². The van der Waals surface area contributed by atoms with Gasteiger partial charge < -0.3 is 9.47 Å². The number of rotatable bonds is 5. The van der Waals surface area contributed by atoms with Crippen LogP contribution in [0.4, 0.5) is 4.39 Å². The second kappa shape index (κ2) is 5.94. The van der Waals surface area contributed by atoms with E-state index in [1.165, 1.54) is 12.1 Å². The predicted molar refractivity (Wildman–Crippen MR) is 63.1 cm³/mol. The van der Waals surface area contributed by atoms with Gasteiger partial charge >= 0.3 is 5.97 Å². The van der Waals surface area contributed by atoms with E-state index in [1.54, 1.807) is 19.1 Å². The number of para-hydroxylation sites is 1. The Bertz CT molecular complexity index is 571. The molecule has 6 nitrogen and oxygen atoms in total. The molecule has 0 spiro atoms. The molecule has 0 amide bonds. The van der Waals surface area contributed by atoms with E-state index in [2.05, 4.69) is 15.2 Å². The predicted octanol–water partition coefficient (Wildman–Crippen LogP) is 1.70. The molecule has 0 atom stereocenters. The van der Waals surface area contributed by atoms with Crippen molar-refractivity contribution in [3.8, 4) is 5.75 Å². The van der Waals surface area contributed by atoms with Gasteiger partial charge in [-0.25, -0.2) is 14.2 Å². The van der Waals surface area contributed by atoms with Crippen molar-refractivity contribution < 1.29 is 18.7 Å². The summed E-state index contributed by atoms with van der Waals surface area (Å²) in [6.45, 7) is 1.91. The van der Waals surface area contributed by atoms with Crippen LogP contribution in [0.5, 0.6) is 5.75 Å². The first-order valence-electron chi connectivity index (χ1n) is 5.66. The van der Waals surface area contributed by atoms with Gasteiger partial charge in [-0.15, -0.1) is 5.10 Å². The molecule has 100 valence electrons. The molecule has 0 fully saturated rings. The summed E-state index contributed by atoms with van der Waals surface area (Å²) in [4.78, 5) is 15.2. The smallest absolute Gasteiger partial charge is 0.378 e. The second-order valence-corrected chi connectivity index (χ2v) is 3.55. The Morgan fingerprint density at radius 1 is 1.42 bits per heavy atom. The zero-order valence-corrected chi connectivity index (χ0v) is 10.2. The van der Waals surface area contributed by atoms with E-state index >= 15 is 0 Å². The number of hydrogen-bond donors (Lipinski definition) is 1. The van der Waals surface area contributed by atoms with Crippen molar-refractivity contribution >= 4 is 5.97 Å². The van der Waals surface area contributed by atoms with Gasteiger partial charge in [0.25, 0.3) is 5.82 Å². The van der Waals surface area contributed by atoms with Crippen LogP contribution in [0.1, 0.15) is 23.4 Å². The Morgan fingerprint density at radius 3 is 2.95 bits per heavy atom. The first-order chi connectivity index (χ1) is 9.20. The monoisotopic (exact) mass is 265 g/mol. The molecule has 0 aliphatic carbocycles. The first-order valence-corrected chi connectivity index (χ1v) is 5.66. The lowest BCUT2D eigenvalue weighted by molar-refractivity contribution is 0.0512. The van der Waals surface area contributed by atoms with Gasteiger partial charge in [0.05, 0.1) is 6.61 Å². The molecule has 0 aliphatic heterocycles. The van der Waals surface area contributed by atoms with E-state index < -0.39 is 11.8 Å². The summed E-state index contributed by atoms with van der Waals surface area (Å²) < 4.78 is 23.2. The summed E-state index contributed by atoms with van der Waals surface area (Å²) in [6, 6.07) is 6.01. The fourth-order valence-corrected chi connectivity index (χ4v) is 1.35. The zero-order chi connectivity index (χ0) is 13.7. The third kappa shape index (κ3) is 3.27. The largest absolute Gasteiger partial charge is 0.483 e. The molecule has 2 rings (SSSR count). The maximum atomic E-state index is 13.3. The van der Waals surface area contributed by atoms with Crippen LogP contribution in [0.3, 0.4) is 0 Å². The fourth-order valence-electron chi connectivity index (χ4n) is 1.35. The average molecular weight is 265 g/mol. The van der Waals surface area contributed by atoms with E-state index in [0.717, 1.165) is 0 Å². The van der Waals surface area contributed by atoms with Gasteiger partial charge in [0, 0.05) is 0 Å². The molecule has 1 heterocycles. The molecule has 1 aromatic carbocycles. The molecule has 0 saturated heterocycles. The van der Waals surface area contributed by atoms with Crippen molar-refractivity contribution in [3.05, 3.63) is 41.7 Å². The number of hydrogen-bond acceptors (Lipinski definition) is 5. The number of esters is 1. The van der Waals surface area contributed by atoms with Crippen molar-refractivity contribution in [3.63, 3.8) is 0 Å². The molecule has 1 N–H and O–H groups in total. The van der Waals surface area contributed by atoms with Gasteiger partial charge in [-0.05, 0) is 19.1 Å². The summed E-state index contributed by atoms with van der Waals surface area (Å²) in [5.74, 6) is -0.736. The van der Waals surface area contributed by atoms with E-state index in [-0.39, 0.29) is 24.8 Å². The van der Waals surface area contributed by atoms with Crippen molar-refractivity contribution in [2.24, 2.45) is 0 Å². The van der Waals surface area contributed by atoms with Crippen LogP contribution in [0.2, 0.25) is 0 Å². The van der Waals surface area contributed by atoms with Crippen LogP contribution in [0.15, 0.2) is 24.3 Å². The molecule has 0 bridgehead atoms. The van der Waals surface area contributed by atoms with Gasteiger partial charge in [-0.3, -0.25) is 5.10 Å². The van der Waals surface area contributed by atoms with Crippen molar-refractivity contribution in [1.82, 2.24) is 15.2 Å². The van der Waals surface area contributed by atoms with E-state index in [0.29, 0.717) is 5.82 Å². The van der Waals surface area contributed by atoms with Crippen LogP contribution in [-0.2, 0) is 11.3 Å². The van der Waals surface area contributed by atoms with Crippen LogP contribution in [0, 0.1) is 5.82 Å². The standard InChI is InChI=1S/C12H12FN3O3/c1-2-18-12(17)11-14-10(15-16-11)7-19-9-6-4-3-5-8(9)13/h3-6H,2,7H2,1H3,(H,14,15,16). The summed E-state index contributed by atoms with van der Waals surface area (Å²) in [6.07, 6.45) is 0. The molecule has 19 heavy (non-hydrogen) atoms. The third-order valence-corrected chi connectivity index (χ3v) is 2.19. The van der Waals surface area contributed by atoms with Gasteiger partial charge in [0.2, 0.25) is 0 Å². The van der Waals surface area contributed by atoms with E-state index in [9.17, 15) is 9.18 Å². The second-order valence-electron chi connectivity index (χ2n) is 3.55. The van der Waals surface area contributed by atoms with Crippen molar-refractivity contribution in [1.29, 1.82) is 0 Å².